The lowest BCUT2D eigenvalue weighted by Crippen LogP contribution is -2.29. The number of piperidine rings is 2. The molecule has 4 heterocycles. The van der Waals surface area contributed by atoms with Crippen molar-refractivity contribution in [1.29, 1.82) is 0 Å². The quantitative estimate of drug-likeness (QED) is 0.140. The van der Waals surface area contributed by atoms with E-state index in [1.807, 2.05) is 6.07 Å². The Balaban J connectivity index is 1.27. The van der Waals surface area contributed by atoms with Crippen molar-refractivity contribution in [2.75, 3.05) is 31.1 Å². The van der Waals surface area contributed by atoms with E-state index in [-0.39, 0.29) is 23.4 Å². The van der Waals surface area contributed by atoms with Gasteiger partial charge >= 0.3 is 0 Å². The summed E-state index contributed by atoms with van der Waals surface area (Å²) in [6, 6.07) is 42.5. The Morgan fingerprint density at radius 3 is 1.69 bits per heavy atom. The fourth-order valence-corrected chi connectivity index (χ4v) is 11.7. The number of aliphatic hydroxyl groups excluding tert-OH is 1. The fraction of sp³-hybridized carbons (Fsp3) is 0.261. The first-order valence-corrected chi connectivity index (χ1v) is 20.5. The Hall–Kier alpha value is -4.65. The monoisotopic (exact) mass is 719 g/mol. The molecule has 5 aromatic rings. The first kappa shape index (κ1) is 33.2. The first-order valence-electron chi connectivity index (χ1n) is 18.8. The summed E-state index contributed by atoms with van der Waals surface area (Å²) in [5.41, 5.74) is 7.77. The van der Waals surface area contributed by atoms with E-state index in [0.29, 0.717) is 11.1 Å². The van der Waals surface area contributed by atoms with Crippen molar-refractivity contribution in [3.05, 3.63) is 154 Å². The second-order valence-electron chi connectivity index (χ2n) is 14.3. The molecule has 0 bridgehead atoms. The number of aliphatic hydroxyl groups is 1. The number of benzene rings is 4. The number of thioether (sulfide) groups is 1. The van der Waals surface area contributed by atoms with E-state index >= 15 is 0 Å². The number of allylic oxidation sites excluding steroid dienone is 3. The zero-order chi connectivity index (χ0) is 35.0. The standard InChI is InChI=1S/C46H42N2O2S2/c49-41-39(43-35(31-19-7-1-8-20-31)37(33-23-11-3-12-24-33)45(51-43)47-27-15-5-16-28-47)42(50)40(41)44-36(32-21-9-2-10-22-32)38(34-25-13-4-14-26-34)46(52-44)48-29-17-6-18-30-48/h1-4,7-14,19-26,35,37H,5-6,15-18,27-30H2/p+1/t35-,37-/m1/s1. The minimum absolute atomic E-state index is 0.0455. The summed E-state index contributed by atoms with van der Waals surface area (Å²) in [6.45, 7) is 4.03. The highest BCUT2D eigenvalue weighted by molar-refractivity contribution is 8.17. The van der Waals surface area contributed by atoms with Crippen LogP contribution in [0.3, 0.4) is 0 Å². The van der Waals surface area contributed by atoms with Gasteiger partial charge in [-0.25, -0.2) is 4.58 Å². The largest absolute Gasteiger partial charge is 0.506 e. The molecule has 4 nitrogen and oxygen atoms in total. The van der Waals surface area contributed by atoms with Crippen molar-refractivity contribution in [3.8, 4) is 22.3 Å². The lowest BCUT2D eigenvalue weighted by Gasteiger charge is -2.29. The molecule has 52 heavy (non-hydrogen) atoms. The maximum atomic E-state index is 15.0. The molecular weight excluding hydrogens is 677 g/mol. The Bertz CT molecular complexity index is 2190. The third-order valence-electron chi connectivity index (χ3n) is 11.1. The predicted molar refractivity (Wildman–Crippen MR) is 218 cm³/mol. The van der Waals surface area contributed by atoms with E-state index in [0.717, 1.165) is 71.1 Å². The van der Waals surface area contributed by atoms with E-state index in [1.165, 1.54) is 46.9 Å². The van der Waals surface area contributed by atoms with Crippen LogP contribution in [-0.2, 0) is 4.79 Å². The van der Waals surface area contributed by atoms with Crippen LogP contribution in [0.15, 0.2) is 138 Å². The molecule has 4 aliphatic rings. The minimum atomic E-state index is -0.0751. The maximum absolute atomic E-state index is 15.0. The third-order valence-corrected chi connectivity index (χ3v) is 13.8. The van der Waals surface area contributed by atoms with Crippen molar-refractivity contribution in [2.45, 2.75) is 50.4 Å². The molecule has 1 aromatic heterocycles. The number of rotatable bonds is 6. The Morgan fingerprint density at radius 2 is 1.12 bits per heavy atom. The molecule has 0 spiro atoms. The van der Waals surface area contributed by atoms with Crippen molar-refractivity contribution in [3.63, 3.8) is 0 Å². The average Bonchev–Trinajstić information content (AvgIpc) is 3.80. The molecule has 0 radical (unpaired) electrons. The summed E-state index contributed by atoms with van der Waals surface area (Å²) in [4.78, 5) is 19.3. The second-order valence-corrected chi connectivity index (χ2v) is 16.4. The Kier molecular flexibility index (Phi) is 9.20. The molecule has 3 saturated heterocycles. The topological polar surface area (TPSA) is 43.6 Å². The molecule has 2 atom stereocenters. The number of Topliss-reactive ketones (excluding diaryl/α,β-unsaturated/α-hetero) is 1. The van der Waals surface area contributed by atoms with Crippen LogP contribution in [0, 0.1) is 0 Å². The van der Waals surface area contributed by atoms with Crippen LogP contribution in [0.4, 0.5) is 5.00 Å². The molecule has 0 unspecified atom stereocenters. The van der Waals surface area contributed by atoms with Crippen molar-refractivity contribution in [2.24, 2.45) is 0 Å². The van der Waals surface area contributed by atoms with Gasteiger partial charge in [-0.1, -0.05) is 121 Å². The van der Waals surface area contributed by atoms with Crippen LogP contribution in [0.25, 0.3) is 27.8 Å². The van der Waals surface area contributed by atoms with Gasteiger partial charge in [0.05, 0.1) is 21.9 Å². The van der Waals surface area contributed by atoms with Gasteiger partial charge in [-0.15, -0.1) is 11.3 Å². The van der Waals surface area contributed by atoms with E-state index in [4.69, 9.17) is 0 Å². The number of hydrogen-bond donors (Lipinski definition) is 1. The minimum Gasteiger partial charge on any atom is -0.506 e. The van der Waals surface area contributed by atoms with Crippen molar-refractivity contribution >= 4 is 44.5 Å². The fourth-order valence-electron chi connectivity index (χ4n) is 8.62. The van der Waals surface area contributed by atoms with Crippen LogP contribution in [0.2, 0.25) is 0 Å². The second kappa shape index (κ2) is 14.4. The van der Waals surface area contributed by atoms with Gasteiger partial charge in [0, 0.05) is 47.9 Å². The van der Waals surface area contributed by atoms with Gasteiger partial charge in [0.15, 0.2) is 0 Å². The number of ketones is 1. The first-order chi connectivity index (χ1) is 25.7. The molecule has 3 aliphatic heterocycles. The lowest BCUT2D eigenvalue weighted by molar-refractivity contribution is -0.536. The SMILES string of the molecule is O=C1C(c2sc(N3CCCCC3)c(-c3ccccc3)c2-c2ccccc2)=C(O)/C1=C1/SC(=[N+]2CCCCC2)[C@H](c2ccccc2)[C@H]1c1ccccc1. The third kappa shape index (κ3) is 5.86. The maximum Gasteiger partial charge on any atom is 0.223 e. The summed E-state index contributed by atoms with van der Waals surface area (Å²) in [6.07, 6.45) is 7.14. The average molecular weight is 720 g/mol. The molecular formula is C46H43N2O2S2+. The molecule has 0 saturated carbocycles. The molecule has 1 N–H and O–H groups in total. The summed E-state index contributed by atoms with van der Waals surface area (Å²) in [5, 5.41) is 14.9. The van der Waals surface area contributed by atoms with Crippen LogP contribution in [0.1, 0.15) is 66.4 Å². The summed E-state index contributed by atoms with van der Waals surface area (Å²) >= 11 is 3.42. The summed E-state index contributed by atoms with van der Waals surface area (Å²) in [7, 11) is 0. The normalized spacial score (nSPS) is 22.2. The van der Waals surface area contributed by atoms with Crippen LogP contribution in [0.5, 0.6) is 0 Å². The zero-order valence-electron chi connectivity index (χ0n) is 29.3. The van der Waals surface area contributed by atoms with Gasteiger partial charge in [-0.3, -0.25) is 4.79 Å². The molecule has 4 aromatic carbocycles. The van der Waals surface area contributed by atoms with E-state index in [1.54, 1.807) is 23.1 Å². The number of carbonyl (C=O) groups is 1. The van der Waals surface area contributed by atoms with Crippen LogP contribution < -0.4 is 4.90 Å². The highest BCUT2D eigenvalue weighted by Gasteiger charge is 2.51. The van der Waals surface area contributed by atoms with Gasteiger partial charge in [-0.05, 0) is 59.7 Å². The smallest absolute Gasteiger partial charge is 0.223 e. The molecule has 9 rings (SSSR count). The van der Waals surface area contributed by atoms with Crippen LogP contribution >= 0.6 is 23.1 Å². The zero-order valence-corrected chi connectivity index (χ0v) is 31.0. The highest BCUT2D eigenvalue weighted by atomic mass is 32.2. The van der Waals surface area contributed by atoms with E-state index in [9.17, 15) is 9.90 Å². The van der Waals surface area contributed by atoms with Gasteiger partial charge in [-0.2, -0.15) is 0 Å². The molecule has 3 fully saturated rings. The van der Waals surface area contributed by atoms with Crippen LogP contribution in [-0.4, -0.2) is 46.7 Å². The molecule has 260 valence electrons. The van der Waals surface area contributed by atoms with Crippen molar-refractivity contribution < 1.29 is 14.5 Å². The number of anilines is 1. The lowest BCUT2D eigenvalue weighted by atomic mass is 9.76. The molecule has 1 aliphatic carbocycles. The van der Waals surface area contributed by atoms with Crippen molar-refractivity contribution in [1.82, 2.24) is 0 Å². The van der Waals surface area contributed by atoms with E-state index in [2.05, 4.69) is 125 Å². The number of thiophene rings is 1. The molecule has 6 heteroatoms. The predicted octanol–water partition coefficient (Wildman–Crippen LogP) is 11.1. The number of hydrogen-bond acceptors (Lipinski definition) is 5. The molecule has 0 amide bonds. The Labute approximate surface area is 314 Å². The number of nitrogens with zero attached hydrogens (tertiary/aromatic N) is 2. The van der Waals surface area contributed by atoms with Gasteiger partial charge in [0.2, 0.25) is 10.8 Å². The van der Waals surface area contributed by atoms with E-state index < -0.39 is 0 Å². The summed E-state index contributed by atoms with van der Waals surface area (Å²) in [5.74, 6) is 0.0870. The highest BCUT2D eigenvalue weighted by Crippen LogP contribution is 2.60. The van der Waals surface area contributed by atoms with Gasteiger partial charge < -0.3 is 10.0 Å². The number of carbonyl (C=O) groups excluding carboxylic acids is 1. The van der Waals surface area contributed by atoms with Gasteiger partial charge in [0.25, 0.3) is 0 Å². The Morgan fingerprint density at radius 1 is 0.596 bits per heavy atom. The summed E-state index contributed by atoms with van der Waals surface area (Å²) < 4.78 is 2.56. The van der Waals surface area contributed by atoms with Gasteiger partial charge in [0.1, 0.15) is 23.8 Å².